The molecule has 6 aromatic rings. The van der Waals surface area contributed by atoms with Gasteiger partial charge in [-0.3, -0.25) is 39.6 Å². The zero-order valence-electron chi connectivity index (χ0n) is 40.7. The van der Waals surface area contributed by atoms with Gasteiger partial charge in [-0.2, -0.15) is 0 Å². The molecule has 10 N–H and O–H groups in total. The van der Waals surface area contributed by atoms with Crippen LogP contribution < -0.4 is 35.7 Å². The molecule has 25 heteroatoms. The molecule has 0 atom stereocenters. The van der Waals surface area contributed by atoms with Gasteiger partial charge in [0.05, 0.1) is 33.4 Å². The van der Waals surface area contributed by atoms with Crippen molar-refractivity contribution in [2.75, 3.05) is 10.6 Å². The van der Waals surface area contributed by atoms with Crippen LogP contribution in [0.4, 0.5) is 11.4 Å². The molecular weight excluding hydrogens is 1040 g/mol. The summed E-state index contributed by atoms with van der Waals surface area (Å²) in [6.45, 7) is 2.47. The highest BCUT2D eigenvalue weighted by molar-refractivity contribution is 6.11. The molecule has 0 aliphatic rings. The summed E-state index contributed by atoms with van der Waals surface area (Å²) < 4.78 is 17.0. The third-order valence-electron chi connectivity index (χ3n) is 10.1. The number of carbonyl (C=O) groups excluding carboxylic acids is 6. The second kappa shape index (κ2) is 26.5. The van der Waals surface area contributed by atoms with Gasteiger partial charge in [0.1, 0.15) is 34.5 Å². The molecule has 79 heavy (non-hydrogen) atoms. The molecule has 0 aliphatic carbocycles. The molecule has 4 amide bonds. The topological polar surface area (TPSA) is 402 Å². The van der Waals surface area contributed by atoms with Crippen molar-refractivity contribution in [3.63, 3.8) is 0 Å². The number of amides is 4. The number of hydrogen-bond donors (Lipinski definition) is 10. The Morgan fingerprint density at radius 3 is 0.987 bits per heavy atom. The lowest BCUT2D eigenvalue weighted by Crippen LogP contribution is -2.41. The maximum atomic E-state index is 13.3. The number of ether oxygens (including phenoxy) is 3. The third kappa shape index (κ3) is 16.9. The number of aliphatic carboxylic acids is 2. The van der Waals surface area contributed by atoms with E-state index >= 15 is 0 Å². The molecule has 0 saturated carbocycles. The van der Waals surface area contributed by atoms with E-state index in [4.69, 9.17) is 34.6 Å². The number of rotatable bonds is 20. The van der Waals surface area contributed by atoms with E-state index in [-0.39, 0.29) is 62.1 Å². The second-order valence-electron chi connectivity index (χ2n) is 15.7. The number of carboxylic acid groups (broad SMARTS) is 6. The van der Waals surface area contributed by atoms with Gasteiger partial charge < -0.3 is 55.5 Å². The van der Waals surface area contributed by atoms with Gasteiger partial charge in [0.2, 0.25) is 5.91 Å². The van der Waals surface area contributed by atoms with Gasteiger partial charge in [0.25, 0.3) is 17.7 Å². The SMILES string of the molecule is CC(=O)c1cc(Oc2ccc(C(=O)O)c(C(C)=O)c2)ccc1C(=O)O.O=C(O)/C=C\C(=O)NNC(=O)c1cc(Oc2ccc(C(=O)O)c(C(=O)Nc3ccc(Oc4ccc(NC(=O)/C=C\C(=O)O)cc4)cc3)c2)ccc1C(=O)O. The number of ketones is 2. The number of nitrogens with one attached hydrogen (secondary N) is 4. The number of hydrazine groups is 1. The molecule has 0 aliphatic heterocycles. The average molecular weight is 1080 g/mol. The number of anilines is 2. The van der Waals surface area contributed by atoms with Crippen molar-refractivity contribution >= 4 is 82.4 Å². The van der Waals surface area contributed by atoms with Gasteiger partial charge in [0.15, 0.2) is 11.6 Å². The Morgan fingerprint density at radius 2 is 0.633 bits per heavy atom. The van der Waals surface area contributed by atoms with Crippen molar-refractivity contribution < 1.29 is 102 Å². The number of carboxylic acids is 6. The second-order valence-corrected chi connectivity index (χ2v) is 15.7. The molecule has 0 unspecified atom stereocenters. The monoisotopic (exact) mass is 1080 g/mol. The zero-order chi connectivity index (χ0) is 58.1. The Hall–Kier alpha value is -11.8. The van der Waals surface area contributed by atoms with Crippen molar-refractivity contribution in [2.45, 2.75) is 13.8 Å². The zero-order valence-corrected chi connectivity index (χ0v) is 40.7. The lowest BCUT2D eigenvalue weighted by atomic mass is 10.0. The van der Waals surface area contributed by atoms with Crippen molar-refractivity contribution in [1.29, 1.82) is 0 Å². The van der Waals surface area contributed by atoms with Crippen LogP contribution in [0.15, 0.2) is 146 Å². The molecular formula is C54H40N4O21. The van der Waals surface area contributed by atoms with E-state index in [1.165, 1.54) is 98.8 Å². The van der Waals surface area contributed by atoms with Crippen LogP contribution in [0.5, 0.6) is 34.5 Å². The molecule has 25 nitrogen and oxygen atoms in total. The summed E-state index contributed by atoms with van der Waals surface area (Å²) >= 11 is 0. The van der Waals surface area contributed by atoms with E-state index in [1.54, 1.807) is 12.1 Å². The first-order valence-electron chi connectivity index (χ1n) is 22.2. The van der Waals surface area contributed by atoms with Gasteiger partial charge in [-0.1, -0.05) is 0 Å². The molecule has 0 spiro atoms. The Balaban J connectivity index is 0.000000382. The summed E-state index contributed by atoms with van der Waals surface area (Å²) in [7, 11) is 0. The average Bonchev–Trinajstić information content (AvgIpc) is 3.40. The summed E-state index contributed by atoms with van der Waals surface area (Å²) in [6, 6.07) is 26.6. The fourth-order valence-corrected chi connectivity index (χ4v) is 6.58. The van der Waals surface area contributed by atoms with Crippen molar-refractivity contribution in [1.82, 2.24) is 10.9 Å². The molecule has 6 rings (SSSR count). The van der Waals surface area contributed by atoms with E-state index < -0.39 is 82.1 Å². The maximum Gasteiger partial charge on any atom is 0.336 e. The number of hydrogen-bond acceptors (Lipinski definition) is 15. The van der Waals surface area contributed by atoms with Gasteiger partial charge in [-0.05, 0) is 135 Å². The smallest absolute Gasteiger partial charge is 0.336 e. The minimum atomic E-state index is -1.50. The van der Waals surface area contributed by atoms with Crippen LogP contribution in [0, 0.1) is 0 Å². The van der Waals surface area contributed by atoms with Crippen LogP contribution in [0.1, 0.15) is 96.7 Å². The van der Waals surface area contributed by atoms with Crippen LogP contribution in [-0.2, 0) is 19.2 Å². The van der Waals surface area contributed by atoms with Gasteiger partial charge in [-0.25, -0.2) is 28.8 Å². The lowest BCUT2D eigenvalue weighted by Gasteiger charge is -2.13. The summed E-state index contributed by atoms with van der Waals surface area (Å²) in [5.41, 5.74) is 2.51. The minimum Gasteiger partial charge on any atom is -0.478 e. The predicted molar refractivity (Wildman–Crippen MR) is 272 cm³/mol. The predicted octanol–water partition coefficient (Wildman–Crippen LogP) is 7.18. The fraction of sp³-hybridized carbons (Fsp3) is 0.0370. The fourth-order valence-electron chi connectivity index (χ4n) is 6.58. The first-order chi connectivity index (χ1) is 37.4. The maximum absolute atomic E-state index is 13.3. The molecule has 0 saturated heterocycles. The van der Waals surface area contributed by atoms with E-state index in [9.17, 15) is 67.7 Å². The van der Waals surface area contributed by atoms with Crippen LogP contribution in [-0.4, -0.2) is 102 Å². The lowest BCUT2D eigenvalue weighted by molar-refractivity contribution is -0.132. The number of aromatic carboxylic acids is 4. The highest BCUT2D eigenvalue weighted by atomic mass is 16.5. The van der Waals surface area contributed by atoms with Gasteiger partial charge in [0, 0.05) is 46.8 Å². The summed E-state index contributed by atoms with van der Waals surface area (Å²) in [5, 5.41) is 59.7. The number of benzene rings is 6. The number of carbonyl (C=O) groups is 12. The molecule has 402 valence electrons. The van der Waals surface area contributed by atoms with E-state index in [0.717, 1.165) is 30.3 Å². The highest BCUT2D eigenvalue weighted by Gasteiger charge is 2.22. The van der Waals surface area contributed by atoms with Crippen LogP contribution in [0.25, 0.3) is 0 Å². The highest BCUT2D eigenvalue weighted by Crippen LogP contribution is 2.30. The minimum absolute atomic E-state index is 0.0149. The standard InChI is InChI=1S/C36H26N4O14.C18H14O7/c41-29(13-15-31(43)44)37-19-1-5-21(6-2-19)53-22-7-3-20(4-8-22)38-33(47)27-17-23(9-11-25(27)35(49)50)54-24-10-12-26(36(51)52)28(18-24)34(48)40-39-30(42)14-16-32(45)46;1-9(19)15-7-11(3-5-13(15)17(21)22)25-12-4-6-14(18(23)24)16(8-12)10(2)20/h1-18H,(H,37,41)(H,38,47)(H,39,42)(H,40,48)(H,43,44)(H,45,46)(H,49,50)(H,51,52);3-8H,1-2H3,(H,21,22)(H,23,24)/b15-13-,16-14-;. The van der Waals surface area contributed by atoms with Gasteiger partial charge in [-0.15, -0.1) is 0 Å². The molecule has 0 heterocycles. The van der Waals surface area contributed by atoms with E-state index in [2.05, 4.69) is 10.6 Å². The third-order valence-corrected chi connectivity index (χ3v) is 10.1. The molecule has 6 aromatic carbocycles. The summed E-state index contributed by atoms with van der Waals surface area (Å²) in [4.78, 5) is 140. The first-order valence-corrected chi connectivity index (χ1v) is 22.2. The van der Waals surface area contributed by atoms with Crippen molar-refractivity contribution in [3.8, 4) is 34.5 Å². The van der Waals surface area contributed by atoms with Crippen LogP contribution in [0.2, 0.25) is 0 Å². The Kier molecular flexibility index (Phi) is 19.5. The van der Waals surface area contributed by atoms with Gasteiger partial charge >= 0.3 is 35.8 Å². The molecule has 0 radical (unpaired) electrons. The van der Waals surface area contributed by atoms with Crippen LogP contribution >= 0.6 is 0 Å². The van der Waals surface area contributed by atoms with Crippen molar-refractivity contribution in [3.05, 3.63) is 190 Å². The normalized spacial score (nSPS) is 10.5. The molecule has 0 fully saturated rings. The summed E-state index contributed by atoms with van der Waals surface area (Å²) in [5.74, 6) is -11.6. The largest absolute Gasteiger partial charge is 0.478 e. The first kappa shape index (κ1) is 58.1. The Bertz CT molecular complexity index is 3460. The number of Topliss-reactive ketones (excluding diaryl/α,β-unsaturated/α-hetero) is 2. The summed E-state index contributed by atoms with van der Waals surface area (Å²) in [6.07, 6.45) is 2.69. The molecule has 0 bridgehead atoms. The van der Waals surface area contributed by atoms with Crippen molar-refractivity contribution in [2.24, 2.45) is 0 Å². The Morgan fingerprint density at radius 1 is 0.329 bits per heavy atom. The van der Waals surface area contributed by atoms with Crippen LogP contribution in [0.3, 0.4) is 0 Å². The molecule has 0 aromatic heterocycles. The van der Waals surface area contributed by atoms with E-state index in [1.807, 2.05) is 10.9 Å². The van der Waals surface area contributed by atoms with E-state index in [0.29, 0.717) is 35.4 Å². The quantitative estimate of drug-likeness (QED) is 0.0205. The Labute approximate surface area is 443 Å².